The molecule has 122 valence electrons. The van der Waals surface area contributed by atoms with Gasteiger partial charge in [-0.3, -0.25) is 4.79 Å². The number of nitrogens with one attached hydrogen (secondary N) is 2. The van der Waals surface area contributed by atoms with Gasteiger partial charge in [-0.1, -0.05) is 5.92 Å². The Morgan fingerprint density at radius 1 is 1.33 bits per heavy atom. The first-order valence-corrected chi connectivity index (χ1v) is 7.93. The van der Waals surface area contributed by atoms with Gasteiger partial charge in [0.15, 0.2) is 0 Å². The van der Waals surface area contributed by atoms with Crippen molar-refractivity contribution in [3.63, 3.8) is 0 Å². The van der Waals surface area contributed by atoms with Gasteiger partial charge < -0.3 is 20.2 Å². The molecule has 0 saturated carbocycles. The van der Waals surface area contributed by atoms with E-state index < -0.39 is 5.97 Å². The van der Waals surface area contributed by atoms with Crippen LogP contribution in [0, 0.1) is 11.8 Å². The number of carboxylic acid groups (broad SMARTS) is 1. The van der Waals surface area contributed by atoms with Gasteiger partial charge in [0, 0.05) is 35.0 Å². The van der Waals surface area contributed by atoms with Gasteiger partial charge in [-0.2, -0.15) is 0 Å². The van der Waals surface area contributed by atoms with Crippen LogP contribution in [0.5, 0.6) is 0 Å². The Labute approximate surface area is 138 Å². The van der Waals surface area contributed by atoms with E-state index in [1.54, 1.807) is 18.2 Å². The zero-order valence-electron chi connectivity index (χ0n) is 12.8. The van der Waals surface area contributed by atoms with Crippen LogP contribution in [0.25, 0.3) is 11.0 Å². The predicted octanol–water partition coefficient (Wildman–Crippen LogP) is 1.49. The van der Waals surface area contributed by atoms with Crippen molar-refractivity contribution in [3.8, 4) is 11.8 Å². The summed E-state index contributed by atoms with van der Waals surface area (Å²) < 4.78 is 5.35. The van der Waals surface area contributed by atoms with Crippen molar-refractivity contribution in [1.29, 1.82) is 0 Å². The largest absolute Gasteiger partial charge is 0.472 e. The maximum absolute atomic E-state index is 12.5. The molecule has 3 N–H and O–H groups in total. The van der Waals surface area contributed by atoms with Crippen molar-refractivity contribution in [2.75, 3.05) is 0 Å². The van der Waals surface area contributed by atoms with Crippen molar-refractivity contribution in [2.45, 2.75) is 37.4 Å². The quantitative estimate of drug-likeness (QED) is 0.728. The first-order chi connectivity index (χ1) is 11.6. The number of benzene rings is 1. The van der Waals surface area contributed by atoms with Gasteiger partial charge in [-0.15, -0.1) is 0 Å². The molecule has 3 atom stereocenters. The molecule has 1 aromatic carbocycles. The lowest BCUT2D eigenvalue weighted by Crippen LogP contribution is -2.42. The molecule has 2 aliphatic heterocycles. The van der Waals surface area contributed by atoms with Crippen LogP contribution >= 0.6 is 0 Å². The maximum Gasteiger partial charge on any atom is 0.382 e. The minimum Gasteiger partial charge on any atom is -0.472 e. The molecule has 2 aromatic rings. The molecule has 6 nitrogen and oxygen atoms in total. The van der Waals surface area contributed by atoms with Crippen LogP contribution in [0.4, 0.5) is 0 Å². The van der Waals surface area contributed by atoms with Crippen molar-refractivity contribution in [3.05, 3.63) is 35.6 Å². The Hall–Kier alpha value is -2.78. The number of hydrogen-bond donors (Lipinski definition) is 3. The lowest BCUT2D eigenvalue weighted by atomic mass is 9.95. The molecule has 6 heteroatoms. The van der Waals surface area contributed by atoms with Crippen LogP contribution in [-0.4, -0.2) is 35.1 Å². The zero-order chi connectivity index (χ0) is 16.7. The van der Waals surface area contributed by atoms with Crippen molar-refractivity contribution >= 4 is 22.8 Å². The van der Waals surface area contributed by atoms with E-state index in [9.17, 15) is 9.59 Å². The average Bonchev–Trinajstić information content (AvgIpc) is 3.27. The molecule has 1 aromatic heterocycles. The number of rotatable bonds is 2. The van der Waals surface area contributed by atoms with Gasteiger partial charge in [0.1, 0.15) is 11.8 Å². The highest BCUT2D eigenvalue weighted by molar-refractivity contribution is 5.99. The average molecular weight is 324 g/mol. The van der Waals surface area contributed by atoms with Crippen molar-refractivity contribution < 1.29 is 19.1 Å². The SMILES string of the molecule is O=C(O)C#Cc1coc2ccc(C(=O)N[C@@H]3C[C@H]4CC[C@@H]3N4)cc12. The van der Waals surface area contributed by atoms with Crippen LogP contribution in [-0.2, 0) is 4.79 Å². The Bertz CT molecular complexity index is 889. The van der Waals surface area contributed by atoms with Gasteiger partial charge in [0.05, 0.1) is 5.56 Å². The Balaban J connectivity index is 1.58. The highest BCUT2D eigenvalue weighted by Crippen LogP contribution is 2.28. The standard InChI is InChI=1S/C18H16N2O4/c21-17(22)6-2-11-9-24-16-5-1-10(7-13(11)16)18(23)20-15-8-12-3-4-14(15)19-12/h1,5,7,9,12,14-15,19H,3-4,8H2,(H,20,23)(H,21,22)/t12-,14+,15-/m1/s1. The summed E-state index contributed by atoms with van der Waals surface area (Å²) >= 11 is 0. The summed E-state index contributed by atoms with van der Waals surface area (Å²) in [5.74, 6) is 3.27. The predicted molar refractivity (Wildman–Crippen MR) is 86.5 cm³/mol. The molecule has 0 radical (unpaired) electrons. The van der Waals surface area contributed by atoms with Gasteiger partial charge in [-0.25, -0.2) is 4.79 Å². The lowest BCUT2D eigenvalue weighted by molar-refractivity contribution is -0.130. The Kier molecular flexibility index (Phi) is 3.51. The summed E-state index contributed by atoms with van der Waals surface area (Å²) in [4.78, 5) is 23.1. The molecule has 4 rings (SSSR count). The molecule has 0 unspecified atom stereocenters. The smallest absolute Gasteiger partial charge is 0.382 e. The van der Waals surface area contributed by atoms with E-state index in [4.69, 9.17) is 9.52 Å². The number of carbonyl (C=O) groups excluding carboxylic acids is 1. The third-order valence-corrected chi connectivity index (χ3v) is 4.76. The second kappa shape index (κ2) is 5.69. The van der Waals surface area contributed by atoms with Crippen LogP contribution in [0.3, 0.4) is 0 Å². The van der Waals surface area contributed by atoms with Crippen LogP contribution in [0.1, 0.15) is 35.2 Å². The van der Waals surface area contributed by atoms with E-state index in [-0.39, 0.29) is 11.9 Å². The fraction of sp³-hybridized carbons (Fsp3) is 0.333. The molecule has 0 spiro atoms. The second-order valence-corrected chi connectivity index (χ2v) is 6.28. The van der Waals surface area contributed by atoms with E-state index in [1.165, 1.54) is 12.7 Å². The van der Waals surface area contributed by atoms with Gasteiger partial charge in [0.25, 0.3) is 5.91 Å². The van der Waals surface area contributed by atoms with Crippen LogP contribution in [0.15, 0.2) is 28.9 Å². The molecule has 2 fully saturated rings. The minimum atomic E-state index is -1.21. The molecule has 0 aliphatic carbocycles. The molecule has 3 heterocycles. The number of carboxylic acids is 1. The van der Waals surface area contributed by atoms with Crippen LogP contribution < -0.4 is 10.6 Å². The summed E-state index contributed by atoms with van der Waals surface area (Å²) in [6, 6.07) is 6.16. The Morgan fingerprint density at radius 3 is 2.92 bits per heavy atom. The first kappa shape index (κ1) is 14.8. The Morgan fingerprint density at radius 2 is 2.21 bits per heavy atom. The summed E-state index contributed by atoms with van der Waals surface area (Å²) in [5.41, 5.74) is 1.55. The molecule has 2 bridgehead atoms. The summed E-state index contributed by atoms with van der Waals surface area (Å²) in [7, 11) is 0. The molecule has 1 amide bonds. The van der Waals surface area contributed by atoms with E-state index in [1.807, 2.05) is 0 Å². The monoisotopic (exact) mass is 324 g/mol. The lowest BCUT2D eigenvalue weighted by Gasteiger charge is -2.21. The van der Waals surface area contributed by atoms with E-state index in [2.05, 4.69) is 22.5 Å². The molecule has 2 saturated heterocycles. The highest BCUT2D eigenvalue weighted by Gasteiger charge is 2.39. The van der Waals surface area contributed by atoms with E-state index >= 15 is 0 Å². The van der Waals surface area contributed by atoms with Gasteiger partial charge in [0.2, 0.25) is 0 Å². The number of hydrogen-bond acceptors (Lipinski definition) is 4. The zero-order valence-corrected chi connectivity index (χ0v) is 12.8. The second-order valence-electron chi connectivity index (χ2n) is 6.28. The number of fused-ring (bicyclic) bond motifs is 3. The minimum absolute atomic E-state index is 0.130. The van der Waals surface area contributed by atoms with E-state index in [0.717, 1.165) is 12.8 Å². The summed E-state index contributed by atoms with van der Waals surface area (Å²) in [6.45, 7) is 0. The number of carbonyl (C=O) groups is 2. The number of furan rings is 1. The highest BCUT2D eigenvalue weighted by atomic mass is 16.4. The number of amides is 1. The van der Waals surface area contributed by atoms with E-state index in [0.29, 0.717) is 34.2 Å². The third kappa shape index (κ3) is 2.63. The third-order valence-electron chi connectivity index (χ3n) is 4.76. The molecular weight excluding hydrogens is 308 g/mol. The first-order valence-electron chi connectivity index (χ1n) is 7.93. The molecular formula is C18H16N2O4. The van der Waals surface area contributed by atoms with Crippen molar-refractivity contribution in [2.24, 2.45) is 0 Å². The van der Waals surface area contributed by atoms with Crippen molar-refractivity contribution in [1.82, 2.24) is 10.6 Å². The number of aliphatic carboxylic acids is 1. The summed E-state index contributed by atoms with van der Waals surface area (Å²) in [5, 5.41) is 15.9. The maximum atomic E-state index is 12.5. The van der Waals surface area contributed by atoms with Gasteiger partial charge in [-0.05, 0) is 37.5 Å². The normalized spacial score (nSPS) is 24.6. The molecule has 2 aliphatic rings. The van der Waals surface area contributed by atoms with Gasteiger partial charge >= 0.3 is 5.97 Å². The topological polar surface area (TPSA) is 91.6 Å². The fourth-order valence-corrected chi connectivity index (χ4v) is 3.62. The molecule has 24 heavy (non-hydrogen) atoms. The fourth-order valence-electron chi connectivity index (χ4n) is 3.62. The summed E-state index contributed by atoms with van der Waals surface area (Å²) in [6.07, 6.45) is 4.66. The van der Waals surface area contributed by atoms with Crippen LogP contribution in [0.2, 0.25) is 0 Å².